The van der Waals surface area contributed by atoms with Crippen molar-refractivity contribution in [2.75, 3.05) is 6.54 Å². The Kier molecular flexibility index (Phi) is 6.15. The van der Waals surface area contributed by atoms with E-state index in [1.165, 1.54) is 5.56 Å². The van der Waals surface area contributed by atoms with Gasteiger partial charge in [0.1, 0.15) is 10.7 Å². The molecule has 1 saturated heterocycles. The highest BCUT2D eigenvalue weighted by Crippen LogP contribution is 2.41. The number of rotatable bonds is 7. The number of benzene rings is 1. The number of aryl methyl sites for hydroxylation is 1. The molecule has 4 heterocycles. The van der Waals surface area contributed by atoms with Gasteiger partial charge in [-0.15, -0.1) is 21.5 Å². The molecule has 7 nitrogen and oxygen atoms in total. The van der Waals surface area contributed by atoms with Gasteiger partial charge in [-0.2, -0.15) is 0 Å². The highest BCUT2D eigenvalue weighted by atomic mass is 32.1. The number of nitrogens with zero attached hydrogens (tertiary/aromatic N) is 5. The Morgan fingerprint density at radius 3 is 2.65 bits per heavy atom. The molecular formula is C29H31N5O2S. The van der Waals surface area contributed by atoms with Crippen molar-refractivity contribution < 1.29 is 9.21 Å². The number of thiazole rings is 1. The van der Waals surface area contributed by atoms with Gasteiger partial charge in [0.25, 0.3) is 11.8 Å². The third-order valence-electron chi connectivity index (χ3n) is 7.24. The summed E-state index contributed by atoms with van der Waals surface area (Å²) in [7, 11) is 0. The van der Waals surface area contributed by atoms with E-state index >= 15 is 0 Å². The fourth-order valence-corrected chi connectivity index (χ4v) is 6.06. The molecule has 1 aromatic carbocycles. The molecule has 190 valence electrons. The molecule has 0 radical (unpaired) electrons. The minimum absolute atomic E-state index is 0.0186. The SMILES string of the molecule is Cc1csc([C@H]2CCCN2C(=O)c2cc(-c3nnc(C(C)(C)Cc4ccccc4)o3)nc(C3CC3)c2)n1. The van der Waals surface area contributed by atoms with Crippen LogP contribution in [0.3, 0.4) is 0 Å². The van der Waals surface area contributed by atoms with Crippen molar-refractivity contribution in [1.29, 1.82) is 0 Å². The Labute approximate surface area is 221 Å². The molecule has 8 heteroatoms. The molecule has 37 heavy (non-hydrogen) atoms. The van der Waals surface area contributed by atoms with Crippen LogP contribution < -0.4 is 0 Å². The van der Waals surface area contributed by atoms with Gasteiger partial charge in [0, 0.05) is 40.2 Å². The Morgan fingerprint density at radius 2 is 1.92 bits per heavy atom. The number of hydrogen-bond donors (Lipinski definition) is 0. The Balaban J connectivity index is 1.30. The number of carbonyl (C=O) groups is 1. The number of amides is 1. The molecule has 0 N–H and O–H groups in total. The molecule has 1 aliphatic carbocycles. The Bertz CT molecular complexity index is 1420. The van der Waals surface area contributed by atoms with Gasteiger partial charge in [0.05, 0.1) is 6.04 Å². The lowest BCUT2D eigenvalue weighted by Crippen LogP contribution is -2.30. The standard InChI is InChI=1S/C29H31N5O2S/c1-18-17-37-26(30-18)24-10-7-13-34(24)27(35)21-14-22(20-11-12-20)31-23(15-21)25-32-33-28(36-25)29(2,3)16-19-8-5-4-6-9-19/h4-6,8-9,14-15,17,20,24H,7,10-13,16H2,1-3H3/t24-/m1/s1. The lowest BCUT2D eigenvalue weighted by molar-refractivity contribution is 0.0735. The van der Waals surface area contributed by atoms with Gasteiger partial charge < -0.3 is 9.32 Å². The summed E-state index contributed by atoms with van der Waals surface area (Å²) in [6.45, 7) is 6.94. The van der Waals surface area contributed by atoms with Crippen molar-refractivity contribution >= 4 is 17.2 Å². The van der Waals surface area contributed by atoms with Crippen LogP contribution in [-0.2, 0) is 11.8 Å². The minimum Gasteiger partial charge on any atom is -0.419 e. The first-order chi connectivity index (χ1) is 17.9. The molecule has 1 atom stereocenters. The summed E-state index contributed by atoms with van der Waals surface area (Å²) in [4.78, 5) is 25.3. The fraction of sp³-hybridized carbons (Fsp3) is 0.414. The molecule has 2 aliphatic rings. The first kappa shape index (κ1) is 24.0. The highest BCUT2D eigenvalue weighted by molar-refractivity contribution is 7.09. The van der Waals surface area contributed by atoms with Crippen molar-refractivity contribution in [3.05, 3.63) is 81.3 Å². The lowest BCUT2D eigenvalue weighted by Gasteiger charge is -2.23. The molecule has 0 bridgehead atoms. The summed E-state index contributed by atoms with van der Waals surface area (Å²) in [5.74, 6) is 1.34. The van der Waals surface area contributed by atoms with Crippen LogP contribution >= 0.6 is 11.3 Å². The van der Waals surface area contributed by atoms with Gasteiger partial charge in [-0.05, 0) is 56.7 Å². The van der Waals surface area contributed by atoms with Crippen LogP contribution in [0.4, 0.5) is 0 Å². The predicted molar refractivity (Wildman–Crippen MR) is 143 cm³/mol. The third-order valence-corrected chi connectivity index (χ3v) is 8.30. The zero-order chi connectivity index (χ0) is 25.6. The number of likely N-dealkylation sites (tertiary alicyclic amines) is 1. The predicted octanol–water partition coefficient (Wildman–Crippen LogP) is 6.27. The van der Waals surface area contributed by atoms with Crippen molar-refractivity contribution in [2.45, 2.75) is 70.3 Å². The first-order valence-corrected chi connectivity index (χ1v) is 13.9. The second-order valence-corrected chi connectivity index (χ2v) is 11.8. The molecule has 6 rings (SSSR count). The van der Waals surface area contributed by atoms with Gasteiger partial charge in [-0.1, -0.05) is 44.2 Å². The zero-order valence-electron chi connectivity index (χ0n) is 21.5. The number of carbonyl (C=O) groups excluding carboxylic acids is 1. The molecular weight excluding hydrogens is 482 g/mol. The summed E-state index contributed by atoms with van der Waals surface area (Å²) in [5, 5.41) is 11.8. The Hall–Kier alpha value is -3.39. The van der Waals surface area contributed by atoms with E-state index in [-0.39, 0.29) is 17.4 Å². The van der Waals surface area contributed by atoms with Gasteiger partial charge in [-0.3, -0.25) is 4.79 Å². The van der Waals surface area contributed by atoms with E-state index in [4.69, 9.17) is 9.40 Å². The van der Waals surface area contributed by atoms with Gasteiger partial charge in [-0.25, -0.2) is 9.97 Å². The molecule has 4 aromatic rings. The van der Waals surface area contributed by atoms with Crippen LogP contribution in [-0.4, -0.2) is 37.5 Å². The van der Waals surface area contributed by atoms with E-state index in [1.54, 1.807) is 11.3 Å². The van der Waals surface area contributed by atoms with Gasteiger partial charge >= 0.3 is 0 Å². The maximum Gasteiger partial charge on any atom is 0.266 e. The monoisotopic (exact) mass is 513 g/mol. The lowest BCUT2D eigenvalue weighted by atomic mass is 9.86. The van der Waals surface area contributed by atoms with Crippen molar-refractivity contribution in [2.24, 2.45) is 0 Å². The largest absolute Gasteiger partial charge is 0.419 e. The zero-order valence-corrected chi connectivity index (χ0v) is 22.3. The van der Waals surface area contributed by atoms with Crippen LogP contribution in [0, 0.1) is 6.92 Å². The van der Waals surface area contributed by atoms with E-state index in [2.05, 4.69) is 46.5 Å². The summed E-state index contributed by atoms with van der Waals surface area (Å²) < 4.78 is 6.20. The van der Waals surface area contributed by atoms with Crippen LogP contribution in [0.1, 0.15) is 89.7 Å². The average molecular weight is 514 g/mol. The smallest absolute Gasteiger partial charge is 0.266 e. The van der Waals surface area contributed by atoms with E-state index in [0.717, 1.165) is 55.0 Å². The normalized spacial score (nSPS) is 17.9. The maximum absolute atomic E-state index is 13.8. The maximum atomic E-state index is 13.8. The minimum atomic E-state index is -0.339. The Morgan fingerprint density at radius 1 is 1.11 bits per heavy atom. The van der Waals surface area contributed by atoms with Gasteiger partial charge in [0.15, 0.2) is 0 Å². The first-order valence-electron chi connectivity index (χ1n) is 13.0. The van der Waals surface area contributed by atoms with Crippen molar-refractivity contribution in [3.63, 3.8) is 0 Å². The summed E-state index contributed by atoms with van der Waals surface area (Å²) in [6.07, 6.45) is 4.88. The highest BCUT2D eigenvalue weighted by Gasteiger charge is 2.35. The number of pyridine rings is 1. The second kappa shape index (κ2) is 9.49. The van der Waals surface area contributed by atoms with E-state index in [1.807, 2.05) is 42.2 Å². The number of hydrogen-bond acceptors (Lipinski definition) is 7. The van der Waals surface area contributed by atoms with Crippen LogP contribution in [0.15, 0.2) is 52.3 Å². The average Bonchev–Trinajstić information content (AvgIpc) is 3.25. The second-order valence-electron chi connectivity index (χ2n) is 10.9. The van der Waals surface area contributed by atoms with Crippen LogP contribution in [0.2, 0.25) is 0 Å². The molecule has 1 aliphatic heterocycles. The molecule has 1 amide bonds. The third kappa shape index (κ3) is 4.94. The van der Waals surface area contributed by atoms with E-state index in [9.17, 15) is 4.79 Å². The summed E-state index contributed by atoms with van der Waals surface area (Å²) in [6, 6.07) is 14.1. The van der Waals surface area contributed by atoms with Gasteiger partial charge in [0.2, 0.25) is 5.89 Å². The topological polar surface area (TPSA) is 85.0 Å². The molecule has 0 unspecified atom stereocenters. The van der Waals surface area contributed by atoms with E-state index in [0.29, 0.717) is 29.0 Å². The van der Waals surface area contributed by atoms with Crippen LogP contribution in [0.5, 0.6) is 0 Å². The van der Waals surface area contributed by atoms with E-state index < -0.39 is 0 Å². The molecule has 2 fully saturated rings. The fourth-order valence-electron chi connectivity index (χ4n) is 5.11. The van der Waals surface area contributed by atoms with Crippen molar-refractivity contribution in [3.8, 4) is 11.6 Å². The summed E-state index contributed by atoms with van der Waals surface area (Å²) >= 11 is 1.64. The van der Waals surface area contributed by atoms with Crippen molar-refractivity contribution in [1.82, 2.24) is 25.1 Å². The number of aromatic nitrogens is 4. The molecule has 0 spiro atoms. The molecule has 3 aromatic heterocycles. The van der Waals surface area contributed by atoms with Crippen LogP contribution in [0.25, 0.3) is 11.6 Å². The quantitative estimate of drug-likeness (QED) is 0.289. The summed E-state index contributed by atoms with van der Waals surface area (Å²) in [5.41, 5.74) is 4.02. The molecule has 1 saturated carbocycles.